The van der Waals surface area contributed by atoms with Gasteiger partial charge in [0.05, 0.1) is 11.7 Å². The molecule has 1 unspecified atom stereocenters. The quantitative estimate of drug-likeness (QED) is 0.843. The van der Waals surface area contributed by atoms with Gasteiger partial charge >= 0.3 is 0 Å². The fourth-order valence-electron chi connectivity index (χ4n) is 1.37. The van der Waals surface area contributed by atoms with Crippen molar-refractivity contribution < 1.29 is 0 Å². The maximum Gasteiger partial charge on any atom is 0.186 e. The topological polar surface area (TPSA) is 37.8 Å². The van der Waals surface area contributed by atoms with Crippen LogP contribution in [0.3, 0.4) is 0 Å². The highest BCUT2D eigenvalue weighted by Crippen LogP contribution is 2.36. The second-order valence-corrected chi connectivity index (χ2v) is 4.49. The van der Waals surface area contributed by atoms with Crippen LogP contribution in [0.5, 0.6) is 0 Å². The van der Waals surface area contributed by atoms with Crippen molar-refractivity contribution in [3.8, 4) is 0 Å². The van der Waals surface area contributed by atoms with E-state index in [1.54, 1.807) is 0 Å². The van der Waals surface area contributed by atoms with Gasteiger partial charge in [-0.25, -0.2) is 0 Å². The molecule has 0 aliphatic heterocycles. The largest absolute Gasteiger partial charge is 0.366 e. The molecule has 1 atom stereocenters. The van der Waals surface area contributed by atoms with Crippen molar-refractivity contribution in [3.05, 3.63) is 5.15 Å². The van der Waals surface area contributed by atoms with Crippen LogP contribution in [0.4, 0.5) is 5.82 Å². The fraction of sp³-hybridized carbons (Fsp3) is 0.750. The number of anilines is 1. The van der Waals surface area contributed by atoms with Crippen LogP contribution in [0.1, 0.15) is 19.8 Å². The molecule has 1 aromatic heterocycles. The molecule has 1 aromatic rings. The predicted octanol–water partition coefficient (Wildman–Crippen LogP) is 2.65. The molecule has 72 valence electrons. The third-order valence-electron chi connectivity index (χ3n) is 2.47. The lowest BCUT2D eigenvalue weighted by atomic mass is 10.1. The Morgan fingerprint density at radius 1 is 1.62 bits per heavy atom. The second-order valence-electron chi connectivity index (χ2n) is 3.60. The Hall–Kier alpha value is -0.350. The average Bonchev–Trinajstić information content (AvgIpc) is 2.88. The van der Waals surface area contributed by atoms with E-state index < -0.39 is 0 Å². The molecule has 0 bridgehead atoms. The Morgan fingerprint density at radius 2 is 2.38 bits per heavy atom. The van der Waals surface area contributed by atoms with Crippen molar-refractivity contribution in [3.63, 3.8) is 0 Å². The van der Waals surface area contributed by atoms with Crippen molar-refractivity contribution in [2.75, 3.05) is 11.9 Å². The van der Waals surface area contributed by atoms with E-state index in [-0.39, 0.29) is 0 Å². The summed E-state index contributed by atoms with van der Waals surface area (Å²) in [6.07, 6.45) is 2.76. The van der Waals surface area contributed by atoms with E-state index in [2.05, 4.69) is 21.0 Å². The lowest BCUT2D eigenvalue weighted by Crippen LogP contribution is -2.13. The van der Waals surface area contributed by atoms with Gasteiger partial charge in [-0.15, -0.1) is 0 Å². The predicted molar refractivity (Wildman–Crippen MR) is 55.3 cm³/mol. The summed E-state index contributed by atoms with van der Waals surface area (Å²) in [6, 6.07) is 0. The highest BCUT2D eigenvalue weighted by Gasteiger charge is 2.27. The number of rotatable bonds is 4. The molecule has 5 heteroatoms. The van der Waals surface area contributed by atoms with Gasteiger partial charge < -0.3 is 5.32 Å². The standard InChI is InChI=1S/C8H12ClN3S/c1-5(6-2-3-6)4-10-8-7(9)11-13-12-8/h5-6H,2-4H2,1H3,(H,10,12). The summed E-state index contributed by atoms with van der Waals surface area (Å²) in [6.45, 7) is 3.22. The monoisotopic (exact) mass is 217 g/mol. The summed E-state index contributed by atoms with van der Waals surface area (Å²) in [5.74, 6) is 2.37. The third-order valence-corrected chi connectivity index (χ3v) is 3.36. The molecule has 1 aliphatic rings. The van der Waals surface area contributed by atoms with Crippen molar-refractivity contribution in [2.24, 2.45) is 11.8 Å². The van der Waals surface area contributed by atoms with Crippen molar-refractivity contribution in [1.29, 1.82) is 0 Å². The minimum absolute atomic E-state index is 0.494. The summed E-state index contributed by atoms with van der Waals surface area (Å²) < 4.78 is 7.94. The molecule has 2 rings (SSSR count). The van der Waals surface area contributed by atoms with E-state index in [9.17, 15) is 0 Å². The van der Waals surface area contributed by atoms with Gasteiger partial charge in [0, 0.05) is 6.54 Å². The maximum absolute atomic E-state index is 5.79. The highest BCUT2D eigenvalue weighted by molar-refractivity contribution is 6.99. The summed E-state index contributed by atoms with van der Waals surface area (Å²) in [5, 5.41) is 3.71. The molecule has 0 radical (unpaired) electrons. The number of hydrogen-bond acceptors (Lipinski definition) is 4. The number of nitrogens with zero attached hydrogens (tertiary/aromatic N) is 2. The molecule has 1 aliphatic carbocycles. The van der Waals surface area contributed by atoms with Crippen molar-refractivity contribution in [1.82, 2.24) is 8.75 Å². The molecule has 13 heavy (non-hydrogen) atoms. The summed E-state index contributed by atoms with van der Waals surface area (Å²) in [4.78, 5) is 0. The van der Waals surface area contributed by atoms with Crippen LogP contribution in [0.25, 0.3) is 0 Å². The summed E-state index contributed by atoms with van der Waals surface area (Å²) in [5.41, 5.74) is 0. The van der Waals surface area contributed by atoms with Gasteiger partial charge in [0.25, 0.3) is 0 Å². The van der Waals surface area contributed by atoms with E-state index in [0.717, 1.165) is 35.9 Å². The zero-order valence-corrected chi connectivity index (χ0v) is 9.03. The third kappa shape index (κ3) is 2.31. The van der Waals surface area contributed by atoms with E-state index in [1.807, 2.05) is 0 Å². The lowest BCUT2D eigenvalue weighted by molar-refractivity contribution is 0.536. The zero-order valence-electron chi connectivity index (χ0n) is 7.46. The minimum Gasteiger partial charge on any atom is -0.366 e. The number of halogens is 1. The second kappa shape index (κ2) is 3.80. The number of aromatic nitrogens is 2. The van der Waals surface area contributed by atoms with Gasteiger partial charge in [0.2, 0.25) is 0 Å². The fourth-order valence-corrected chi connectivity index (χ4v) is 2.06. The smallest absolute Gasteiger partial charge is 0.186 e. The van der Waals surface area contributed by atoms with Crippen molar-refractivity contribution >= 4 is 29.1 Å². The molecule has 1 heterocycles. The van der Waals surface area contributed by atoms with E-state index in [0.29, 0.717) is 5.15 Å². The first-order chi connectivity index (χ1) is 6.27. The summed E-state index contributed by atoms with van der Waals surface area (Å²) in [7, 11) is 0. The van der Waals surface area contributed by atoms with Crippen LogP contribution in [0, 0.1) is 11.8 Å². The van der Waals surface area contributed by atoms with Crippen LogP contribution in [0.15, 0.2) is 0 Å². The van der Waals surface area contributed by atoms with Crippen LogP contribution in [-0.2, 0) is 0 Å². The Labute approximate surface area is 86.8 Å². The first-order valence-electron chi connectivity index (χ1n) is 4.49. The van der Waals surface area contributed by atoms with Gasteiger partial charge in [-0.05, 0) is 24.7 Å². The van der Waals surface area contributed by atoms with Crippen LogP contribution >= 0.6 is 23.3 Å². The van der Waals surface area contributed by atoms with Crippen LogP contribution in [-0.4, -0.2) is 15.3 Å². The Morgan fingerprint density at radius 3 is 2.92 bits per heavy atom. The first-order valence-corrected chi connectivity index (χ1v) is 5.60. The lowest BCUT2D eigenvalue weighted by Gasteiger charge is -2.09. The zero-order chi connectivity index (χ0) is 9.26. The molecule has 0 saturated heterocycles. The Bertz CT molecular complexity index is 285. The van der Waals surface area contributed by atoms with Crippen LogP contribution in [0.2, 0.25) is 5.15 Å². The maximum atomic E-state index is 5.79. The number of nitrogens with one attached hydrogen (secondary N) is 1. The van der Waals surface area contributed by atoms with E-state index >= 15 is 0 Å². The molecule has 3 nitrogen and oxygen atoms in total. The number of hydrogen-bond donors (Lipinski definition) is 1. The highest BCUT2D eigenvalue weighted by atomic mass is 35.5. The molecule has 0 aromatic carbocycles. The SMILES string of the molecule is CC(CNc1nsnc1Cl)C1CC1. The molecule has 0 spiro atoms. The molecular weight excluding hydrogens is 206 g/mol. The molecule has 1 N–H and O–H groups in total. The van der Waals surface area contributed by atoms with E-state index in [1.165, 1.54) is 12.8 Å². The van der Waals surface area contributed by atoms with Crippen LogP contribution < -0.4 is 5.32 Å². The van der Waals surface area contributed by atoms with E-state index in [4.69, 9.17) is 11.6 Å². The summed E-state index contributed by atoms with van der Waals surface area (Å²) >= 11 is 6.94. The molecule has 1 saturated carbocycles. The Kier molecular flexibility index (Phi) is 2.69. The molecule has 0 amide bonds. The normalized spacial score (nSPS) is 18.6. The van der Waals surface area contributed by atoms with Gasteiger partial charge in [0.1, 0.15) is 0 Å². The van der Waals surface area contributed by atoms with Gasteiger partial charge in [-0.2, -0.15) is 8.75 Å². The first kappa shape index (κ1) is 9.21. The van der Waals surface area contributed by atoms with Crippen molar-refractivity contribution in [2.45, 2.75) is 19.8 Å². The van der Waals surface area contributed by atoms with Gasteiger partial charge in [-0.3, -0.25) is 0 Å². The van der Waals surface area contributed by atoms with Gasteiger partial charge in [-0.1, -0.05) is 18.5 Å². The Balaban J connectivity index is 1.81. The molecule has 1 fully saturated rings. The average molecular weight is 218 g/mol. The minimum atomic E-state index is 0.494. The molecular formula is C8H12ClN3S. The van der Waals surface area contributed by atoms with Gasteiger partial charge in [0.15, 0.2) is 11.0 Å².